The highest BCUT2D eigenvalue weighted by Crippen LogP contribution is 2.57. The van der Waals surface area contributed by atoms with E-state index in [2.05, 4.69) is 49.9 Å². The third kappa shape index (κ3) is 9.54. The number of carbonyl (C=O) groups excluding carboxylic acids is 3. The molecule has 0 bridgehead atoms. The maximum absolute atomic E-state index is 14.6. The third-order valence-corrected chi connectivity index (χ3v) is 16.7. The number of aromatic nitrogens is 2. The van der Waals surface area contributed by atoms with Crippen molar-refractivity contribution in [3.05, 3.63) is 88.2 Å². The van der Waals surface area contributed by atoms with Crippen molar-refractivity contribution in [1.82, 2.24) is 19.6 Å². The Morgan fingerprint density at radius 1 is 1.05 bits per heavy atom. The predicted molar refractivity (Wildman–Crippen MR) is 243 cm³/mol. The molecule has 4 aromatic rings. The van der Waals surface area contributed by atoms with Crippen molar-refractivity contribution in [2.45, 2.75) is 142 Å². The van der Waals surface area contributed by atoms with Gasteiger partial charge in [-0.05, 0) is 113 Å². The van der Waals surface area contributed by atoms with Crippen LogP contribution in [0.3, 0.4) is 0 Å². The smallest absolute Gasteiger partial charge is 0.240 e. The molecule has 10 nitrogen and oxygen atoms in total. The average Bonchev–Trinajstić information content (AvgIpc) is 4.01. The number of fused-ring (bicyclic) bond motifs is 3. The van der Waals surface area contributed by atoms with Crippen LogP contribution in [-0.2, 0) is 24.4 Å². The molecule has 4 aliphatic rings. The lowest BCUT2D eigenvalue weighted by molar-refractivity contribution is -0.142. The van der Waals surface area contributed by atoms with Gasteiger partial charge in [0.15, 0.2) is 5.78 Å². The second-order valence-electron chi connectivity index (χ2n) is 18.5. The van der Waals surface area contributed by atoms with E-state index in [4.69, 9.17) is 14.7 Å². The van der Waals surface area contributed by atoms with E-state index in [0.29, 0.717) is 42.7 Å². The summed E-state index contributed by atoms with van der Waals surface area (Å²) in [6, 6.07) is 11.9. The Morgan fingerprint density at radius 3 is 2.47 bits per heavy atom. The van der Waals surface area contributed by atoms with Crippen molar-refractivity contribution in [2.75, 3.05) is 6.54 Å². The molecule has 1 N–H and O–H groups in total. The predicted octanol–water partition coefficient (Wildman–Crippen LogP) is 10.1. The van der Waals surface area contributed by atoms with E-state index >= 15 is 0 Å². The van der Waals surface area contributed by atoms with Crippen molar-refractivity contribution in [2.24, 2.45) is 17.3 Å². The molecule has 2 amide bonds. The molecule has 2 aromatic heterocycles. The molecule has 5 atom stereocenters. The number of amides is 2. The van der Waals surface area contributed by atoms with Gasteiger partial charge in [-0.15, -0.1) is 11.3 Å². The van der Waals surface area contributed by atoms with Crippen LogP contribution in [-0.4, -0.2) is 64.3 Å². The minimum absolute atomic E-state index is 0.0548. The molecule has 2 saturated carbocycles. The van der Waals surface area contributed by atoms with Crippen molar-refractivity contribution < 1.29 is 31.9 Å². The zero-order valence-electron chi connectivity index (χ0n) is 37.1. The van der Waals surface area contributed by atoms with Crippen LogP contribution in [0.25, 0.3) is 21.6 Å². The standard InChI is InChI=1S/C42H54N4O6S2.C7H7F/c1-7-28-13-11-9-8-10-12-14-29-21-42(29,40(49)45-54(50,51)41(6)17-18-41)22-35(47)34-19-30(23-46(34)39(28)48)52-36-20-32(38-44-33(24-53-38)25(2)3)43-37-27(5)26(4)15-16-31(36)37;1-6-4-2-3-5-7(6)8/h12,14-16,20,24-25,28-30,34H,7-11,13,17-19,21-23H2,1-6H3,(H,45,49);2-5H,1H3/b14-12-;/t28-,29+,30?,34-,42+;/m0./s1. The molecule has 3 fully saturated rings. The summed E-state index contributed by atoms with van der Waals surface area (Å²) in [7, 11) is -3.89. The van der Waals surface area contributed by atoms with Crippen LogP contribution in [0.2, 0.25) is 0 Å². The van der Waals surface area contributed by atoms with Crippen molar-refractivity contribution in [1.29, 1.82) is 0 Å². The zero-order valence-corrected chi connectivity index (χ0v) is 38.8. The second-order valence-corrected chi connectivity index (χ2v) is 21.6. The molecule has 2 aliphatic heterocycles. The molecule has 332 valence electrons. The van der Waals surface area contributed by atoms with E-state index in [1.54, 1.807) is 42.2 Å². The fourth-order valence-electron chi connectivity index (χ4n) is 8.71. The molecule has 62 heavy (non-hydrogen) atoms. The van der Waals surface area contributed by atoms with Gasteiger partial charge in [-0.25, -0.2) is 22.8 Å². The topological polar surface area (TPSA) is 136 Å². The molecule has 8 rings (SSSR count). The largest absolute Gasteiger partial charge is 0.488 e. The summed E-state index contributed by atoms with van der Waals surface area (Å²) in [5.41, 5.74) is 4.23. The van der Waals surface area contributed by atoms with Gasteiger partial charge in [-0.2, -0.15) is 0 Å². The average molecular weight is 885 g/mol. The first kappa shape index (κ1) is 45.5. The van der Waals surface area contributed by atoms with E-state index in [1.807, 2.05) is 31.2 Å². The first-order valence-corrected chi connectivity index (χ1v) is 24.6. The summed E-state index contributed by atoms with van der Waals surface area (Å²) in [6.07, 6.45) is 10.2. The molecule has 13 heteroatoms. The van der Waals surface area contributed by atoms with Gasteiger partial charge in [0.2, 0.25) is 21.8 Å². The Bertz CT molecular complexity index is 2460. The first-order valence-electron chi connectivity index (χ1n) is 22.3. The van der Waals surface area contributed by atoms with Gasteiger partial charge in [0.25, 0.3) is 0 Å². The number of rotatable bonds is 8. The van der Waals surface area contributed by atoms with Crippen molar-refractivity contribution >= 4 is 49.9 Å². The van der Waals surface area contributed by atoms with Crippen LogP contribution >= 0.6 is 11.3 Å². The molecule has 4 heterocycles. The number of nitrogens with one attached hydrogen (secondary N) is 1. The highest BCUT2D eigenvalue weighted by atomic mass is 32.2. The Morgan fingerprint density at radius 2 is 1.81 bits per heavy atom. The summed E-state index contributed by atoms with van der Waals surface area (Å²) < 4.78 is 47.0. The number of hydrogen-bond acceptors (Lipinski definition) is 9. The van der Waals surface area contributed by atoms with Crippen LogP contribution in [0, 0.1) is 43.8 Å². The normalized spacial score (nSPS) is 25.5. The summed E-state index contributed by atoms with van der Waals surface area (Å²) in [4.78, 5) is 54.5. The summed E-state index contributed by atoms with van der Waals surface area (Å²) in [6.45, 7) is 14.0. The van der Waals surface area contributed by atoms with E-state index in [1.165, 1.54) is 6.07 Å². The lowest BCUT2D eigenvalue weighted by Gasteiger charge is -2.28. The Hall–Kier alpha value is -4.49. The summed E-state index contributed by atoms with van der Waals surface area (Å²) in [5.74, 6) is -0.591. The lowest BCUT2D eigenvalue weighted by Crippen LogP contribution is -2.47. The fraction of sp³-hybridized carbons (Fsp3) is 0.531. The van der Waals surface area contributed by atoms with Crippen LogP contribution in [0.15, 0.2) is 60.0 Å². The number of pyridine rings is 1. The number of ketones is 1. The maximum atomic E-state index is 14.6. The number of sulfonamides is 1. The minimum atomic E-state index is -3.89. The Balaban J connectivity index is 0.000000650. The van der Waals surface area contributed by atoms with Crippen molar-refractivity contribution in [3.8, 4) is 16.5 Å². The van der Waals surface area contributed by atoms with Crippen LogP contribution < -0.4 is 9.46 Å². The monoisotopic (exact) mass is 884 g/mol. The number of Topliss-reactive ketones (excluding diaryl/α,β-unsaturated/α-hetero) is 1. The molecule has 1 unspecified atom stereocenters. The molecular formula is C49H61FN4O6S2. The number of carbonyl (C=O) groups is 3. The van der Waals surface area contributed by atoms with Crippen LogP contribution in [0.1, 0.15) is 127 Å². The van der Waals surface area contributed by atoms with E-state index in [0.717, 1.165) is 64.8 Å². The van der Waals surface area contributed by atoms with Gasteiger partial charge >= 0.3 is 0 Å². The van der Waals surface area contributed by atoms with Gasteiger partial charge < -0.3 is 9.64 Å². The van der Waals surface area contributed by atoms with Gasteiger partial charge in [0, 0.05) is 35.6 Å². The molecule has 0 spiro atoms. The van der Waals surface area contributed by atoms with Gasteiger partial charge in [0.05, 0.1) is 34.0 Å². The number of ether oxygens (including phenoxy) is 1. The van der Waals surface area contributed by atoms with Crippen molar-refractivity contribution in [3.63, 3.8) is 0 Å². The minimum Gasteiger partial charge on any atom is -0.488 e. The highest BCUT2D eigenvalue weighted by Gasteiger charge is 2.62. The lowest BCUT2D eigenvalue weighted by atomic mass is 9.91. The number of halogens is 1. The zero-order chi connectivity index (χ0) is 44.6. The van der Waals surface area contributed by atoms with Gasteiger partial charge in [0.1, 0.15) is 28.4 Å². The SMILES string of the molecule is CC[C@H]1CCCCC/C=C\[C@@H]2C[C@@]2(C(=O)NS(=O)(=O)C2(C)CC2)CC(=O)[C@@H]2CC(Oc3cc(-c4nc(C(C)C)cs4)nc4c(C)c(C)ccc34)CN2C1=O.Cc1ccccc1F. The third-order valence-electron chi connectivity index (χ3n) is 13.6. The quantitative estimate of drug-likeness (QED) is 0.173. The second kappa shape index (κ2) is 18.3. The summed E-state index contributed by atoms with van der Waals surface area (Å²) in [5, 5.41) is 3.72. The molecule has 2 aliphatic carbocycles. The Labute approximate surface area is 370 Å². The highest BCUT2D eigenvalue weighted by molar-refractivity contribution is 7.91. The van der Waals surface area contributed by atoms with Gasteiger partial charge in [-0.3, -0.25) is 19.1 Å². The van der Waals surface area contributed by atoms with Crippen LogP contribution in [0.5, 0.6) is 5.75 Å². The Kier molecular flexibility index (Phi) is 13.4. The molecule has 1 saturated heterocycles. The van der Waals surface area contributed by atoms with E-state index in [-0.39, 0.29) is 54.6 Å². The number of aryl methyl sites for hydroxylation is 3. The first-order chi connectivity index (χ1) is 29.5. The number of thiazole rings is 1. The number of hydrogen-bond donors (Lipinski definition) is 1. The maximum Gasteiger partial charge on any atom is 0.240 e. The molecular weight excluding hydrogens is 824 g/mol. The number of benzene rings is 2. The summed E-state index contributed by atoms with van der Waals surface area (Å²) >= 11 is 1.55. The van der Waals surface area contributed by atoms with Crippen LogP contribution in [0.4, 0.5) is 4.39 Å². The fourth-order valence-corrected chi connectivity index (χ4v) is 11.0. The molecule has 2 aromatic carbocycles. The molecule has 0 radical (unpaired) electrons. The van der Waals surface area contributed by atoms with E-state index in [9.17, 15) is 27.2 Å². The van der Waals surface area contributed by atoms with Gasteiger partial charge in [-0.1, -0.05) is 70.0 Å². The number of allylic oxidation sites excluding steroid dienone is 2. The van der Waals surface area contributed by atoms with E-state index < -0.39 is 38.2 Å². The number of nitrogens with zero attached hydrogens (tertiary/aromatic N) is 3.